The molecule has 4 amide bonds. The van der Waals surface area contributed by atoms with Crippen LogP contribution in [0.3, 0.4) is 0 Å². The Bertz CT molecular complexity index is 1420. The van der Waals surface area contributed by atoms with Gasteiger partial charge in [-0.15, -0.1) is 0 Å². The topological polar surface area (TPSA) is 138 Å². The lowest BCUT2D eigenvalue weighted by Crippen LogP contribution is -2.59. The van der Waals surface area contributed by atoms with Crippen LogP contribution in [0.2, 0.25) is 0 Å². The zero-order valence-electron chi connectivity index (χ0n) is 37.2. The Morgan fingerprint density at radius 2 is 1.48 bits per heavy atom. The first kappa shape index (κ1) is 48.8. The molecule has 0 aliphatic carbocycles. The molecule has 1 aromatic carbocycles. The summed E-state index contributed by atoms with van der Waals surface area (Å²) in [7, 11) is 8.57. The number of hydrogen-bond acceptors (Lipinski definition) is 8. The summed E-state index contributed by atoms with van der Waals surface area (Å²) in [5, 5.41) is 6.08. The fourth-order valence-electron chi connectivity index (χ4n) is 8.30. The van der Waals surface area contributed by atoms with Crippen molar-refractivity contribution < 1.29 is 33.4 Å². The molecule has 56 heavy (non-hydrogen) atoms. The predicted molar refractivity (Wildman–Crippen MR) is 222 cm³/mol. The molecule has 0 aromatic heterocycles. The van der Waals surface area contributed by atoms with Crippen LogP contribution in [-0.2, 0) is 39.9 Å². The van der Waals surface area contributed by atoms with Gasteiger partial charge in [0.1, 0.15) is 6.04 Å². The summed E-state index contributed by atoms with van der Waals surface area (Å²) < 4.78 is 12.0. The molecule has 318 valence electrons. The van der Waals surface area contributed by atoms with Crippen molar-refractivity contribution in [2.75, 3.05) is 41.9 Å². The van der Waals surface area contributed by atoms with Crippen LogP contribution in [0.4, 0.5) is 0 Å². The number of amides is 4. The molecule has 0 radical (unpaired) electrons. The van der Waals surface area contributed by atoms with Gasteiger partial charge < -0.3 is 29.9 Å². The van der Waals surface area contributed by atoms with Crippen LogP contribution in [0.25, 0.3) is 0 Å². The van der Waals surface area contributed by atoms with E-state index in [1.54, 1.807) is 38.0 Å². The van der Waals surface area contributed by atoms with E-state index in [1.165, 1.54) is 0 Å². The second-order valence-corrected chi connectivity index (χ2v) is 17.8. The van der Waals surface area contributed by atoms with Gasteiger partial charge in [0, 0.05) is 33.2 Å². The number of ketones is 1. The fourth-order valence-corrected chi connectivity index (χ4v) is 8.30. The molecule has 9 atom stereocenters. The van der Waals surface area contributed by atoms with Crippen molar-refractivity contribution in [3.63, 3.8) is 0 Å². The summed E-state index contributed by atoms with van der Waals surface area (Å²) in [6, 6.07) is 6.91. The highest BCUT2D eigenvalue weighted by Gasteiger charge is 2.44. The normalized spacial score (nSPS) is 19.2. The van der Waals surface area contributed by atoms with Crippen LogP contribution in [0.1, 0.15) is 100 Å². The first-order chi connectivity index (χ1) is 26.1. The number of benzene rings is 1. The van der Waals surface area contributed by atoms with Gasteiger partial charge in [0.05, 0.1) is 48.7 Å². The minimum Gasteiger partial charge on any atom is -0.379 e. The minimum absolute atomic E-state index is 0.0185. The largest absolute Gasteiger partial charge is 0.379 e. The van der Waals surface area contributed by atoms with Crippen molar-refractivity contribution in [3.8, 4) is 0 Å². The Morgan fingerprint density at radius 3 is 1.96 bits per heavy atom. The van der Waals surface area contributed by atoms with Crippen LogP contribution >= 0.6 is 0 Å². The van der Waals surface area contributed by atoms with Crippen molar-refractivity contribution in [2.24, 2.45) is 29.1 Å². The fraction of sp³-hybridized carbons (Fsp3) is 0.750. The summed E-state index contributed by atoms with van der Waals surface area (Å²) in [5.41, 5.74) is 0.282. The van der Waals surface area contributed by atoms with Gasteiger partial charge in [0.15, 0.2) is 5.78 Å². The molecule has 2 rings (SSSR count). The van der Waals surface area contributed by atoms with Gasteiger partial charge >= 0.3 is 0 Å². The molecule has 2 N–H and O–H groups in total. The molecule has 2 unspecified atom stereocenters. The Hall–Kier alpha value is -3.35. The Labute approximate surface area is 338 Å². The summed E-state index contributed by atoms with van der Waals surface area (Å²) in [6.45, 7) is 19.7. The number of Topliss-reactive ketones (excluding diaryl/α,β-unsaturated/α-hetero) is 1. The standard InChI is InChI=1S/C44H75N5O7/c1-16-29(6)38(48(13)43(54)36(27(2)3)46-42(53)37(28(4)5)47(11)12)34(55-14)26-35(50)49-24-20-23-33(49)39(56-15)30(7)41(52)45-32(40(51)44(8,9)10)25-31-21-18-17-19-22-31/h17-19,21-22,27-30,32-34,36-39H,16,20,23-26H2,1-15H3,(H,45,52)(H,46,53)/t29-,30+,32-,33-,34+,36-,37?,38?,39+/m0/s1. The average molecular weight is 786 g/mol. The van der Waals surface area contributed by atoms with Crippen LogP contribution in [0, 0.1) is 29.1 Å². The SMILES string of the molecule is CC[C@H](C)C([C@@H](CC(=O)N1CCC[C@H]1[C@H](OC)[C@@H](C)C(=O)N[C@@H](Cc1ccccc1)C(=O)C(C)(C)C)OC)N(C)C(=O)[C@@H](NC(=O)C(C(C)C)N(C)C)C(C)C. The van der Waals surface area contributed by atoms with Gasteiger partial charge in [-0.3, -0.25) is 28.9 Å². The molecule has 1 aliphatic rings. The van der Waals surface area contributed by atoms with E-state index < -0.39 is 47.7 Å². The molecule has 1 fully saturated rings. The van der Waals surface area contributed by atoms with Crippen LogP contribution in [0.5, 0.6) is 0 Å². The third-order valence-corrected chi connectivity index (χ3v) is 11.6. The quantitative estimate of drug-likeness (QED) is 0.178. The zero-order valence-corrected chi connectivity index (χ0v) is 37.2. The summed E-state index contributed by atoms with van der Waals surface area (Å²) in [5.74, 6) is -1.78. The first-order valence-electron chi connectivity index (χ1n) is 20.6. The summed E-state index contributed by atoms with van der Waals surface area (Å²) in [6.07, 6.45) is 1.27. The van der Waals surface area contributed by atoms with Gasteiger partial charge in [0.25, 0.3) is 0 Å². The molecular formula is C44H75N5O7. The molecule has 0 saturated carbocycles. The van der Waals surface area contributed by atoms with Crippen LogP contribution in [-0.4, -0.2) is 128 Å². The van der Waals surface area contributed by atoms with Gasteiger partial charge in [-0.05, 0) is 56.7 Å². The third-order valence-electron chi connectivity index (χ3n) is 11.6. The van der Waals surface area contributed by atoms with Crippen molar-refractivity contribution in [1.29, 1.82) is 0 Å². The number of carbonyl (C=O) groups excluding carboxylic acids is 5. The predicted octanol–water partition coefficient (Wildman–Crippen LogP) is 4.98. The van der Waals surface area contributed by atoms with E-state index in [-0.39, 0.29) is 59.6 Å². The van der Waals surface area contributed by atoms with E-state index in [2.05, 4.69) is 10.6 Å². The Kier molecular flexibility index (Phi) is 19.1. The number of ether oxygens (including phenoxy) is 2. The highest BCUT2D eigenvalue weighted by molar-refractivity contribution is 5.93. The minimum atomic E-state index is -0.766. The molecule has 0 spiro atoms. The van der Waals surface area contributed by atoms with Gasteiger partial charge in [0.2, 0.25) is 23.6 Å². The monoisotopic (exact) mass is 786 g/mol. The van der Waals surface area contributed by atoms with E-state index >= 15 is 0 Å². The van der Waals surface area contributed by atoms with Gasteiger partial charge in [-0.2, -0.15) is 0 Å². The lowest BCUT2D eigenvalue weighted by atomic mass is 9.83. The first-order valence-corrected chi connectivity index (χ1v) is 20.6. The molecule has 1 aliphatic heterocycles. The molecule has 1 aromatic rings. The maximum Gasteiger partial charge on any atom is 0.245 e. The van der Waals surface area contributed by atoms with Crippen molar-refractivity contribution >= 4 is 29.4 Å². The molecule has 1 heterocycles. The number of likely N-dealkylation sites (tertiary alicyclic amines) is 1. The molecular weight excluding hydrogens is 711 g/mol. The molecule has 0 bridgehead atoms. The second kappa shape index (κ2) is 22.0. The second-order valence-electron chi connectivity index (χ2n) is 17.8. The number of nitrogens with one attached hydrogen (secondary N) is 2. The van der Waals surface area contributed by atoms with Crippen molar-refractivity contribution in [2.45, 2.75) is 144 Å². The van der Waals surface area contributed by atoms with Crippen LogP contribution < -0.4 is 10.6 Å². The highest BCUT2D eigenvalue weighted by Crippen LogP contribution is 2.30. The van der Waals surface area contributed by atoms with Gasteiger partial charge in [-0.1, -0.05) is 106 Å². The maximum atomic E-state index is 14.3. The summed E-state index contributed by atoms with van der Waals surface area (Å²) in [4.78, 5) is 74.8. The number of rotatable bonds is 21. The number of likely N-dealkylation sites (N-methyl/N-ethyl adjacent to an activating group) is 2. The Balaban J connectivity index is 2.32. The number of methoxy groups -OCH3 is 2. The number of nitrogens with zero attached hydrogens (tertiary/aromatic N) is 3. The summed E-state index contributed by atoms with van der Waals surface area (Å²) >= 11 is 0. The number of carbonyl (C=O) groups is 5. The highest BCUT2D eigenvalue weighted by atomic mass is 16.5. The lowest BCUT2D eigenvalue weighted by molar-refractivity contribution is -0.148. The van der Waals surface area contributed by atoms with E-state index in [4.69, 9.17) is 9.47 Å². The van der Waals surface area contributed by atoms with Crippen LogP contribution in [0.15, 0.2) is 30.3 Å². The molecule has 1 saturated heterocycles. The van der Waals surface area contributed by atoms with Crippen molar-refractivity contribution in [3.05, 3.63) is 35.9 Å². The lowest BCUT2D eigenvalue weighted by Gasteiger charge is -2.41. The smallest absolute Gasteiger partial charge is 0.245 e. The van der Waals surface area contributed by atoms with E-state index in [9.17, 15) is 24.0 Å². The zero-order chi connectivity index (χ0) is 42.7. The van der Waals surface area contributed by atoms with E-state index in [0.717, 1.165) is 18.4 Å². The molecule has 12 heteroatoms. The van der Waals surface area contributed by atoms with E-state index in [0.29, 0.717) is 19.4 Å². The average Bonchev–Trinajstić information content (AvgIpc) is 3.62. The third kappa shape index (κ3) is 12.8. The van der Waals surface area contributed by atoms with Gasteiger partial charge in [-0.25, -0.2) is 0 Å². The van der Waals surface area contributed by atoms with Crippen molar-refractivity contribution in [1.82, 2.24) is 25.3 Å². The number of hydrogen-bond donors (Lipinski definition) is 2. The Morgan fingerprint density at radius 1 is 0.875 bits per heavy atom. The molecule has 12 nitrogen and oxygen atoms in total. The maximum absolute atomic E-state index is 14.3. The van der Waals surface area contributed by atoms with E-state index in [1.807, 2.05) is 112 Å².